The van der Waals surface area contributed by atoms with Gasteiger partial charge in [0, 0.05) is 12.1 Å². The van der Waals surface area contributed by atoms with Crippen molar-refractivity contribution in [1.29, 1.82) is 0 Å². The molecular weight excluding hydrogens is 136 g/mol. The molecule has 0 amide bonds. The van der Waals surface area contributed by atoms with Crippen LogP contribution in [0.3, 0.4) is 0 Å². The first-order valence-electron chi connectivity index (χ1n) is 4.75. The van der Waals surface area contributed by atoms with E-state index in [4.69, 9.17) is 5.73 Å². The van der Waals surface area contributed by atoms with Crippen molar-refractivity contribution in [3.63, 3.8) is 0 Å². The van der Waals surface area contributed by atoms with E-state index in [1.807, 2.05) is 0 Å². The molecule has 2 heteroatoms. The van der Waals surface area contributed by atoms with Crippen LogP contribution in [0.2, 0.25) is 0 Å². The van der Waals surface area contributed by atoms with E-state index in [0.717, 1.165) is 5.92 Å². The Morgan fingerprint density at radius 1 is 1.36 bits per heavy atom. The topological polar surface area (TPSA) is 29.3 Å². The van der Waals surface area contributed by atoms with Crippen molar-refractivity contribution in [3.05, 3.63) is 0 Å². The van der Waals surface area contributed by atoms with Crippen LogP contribution in [-0.4, -0.2) is 30.6 Å². The Balaban J connectivity index is 1.83. The molecule has 0 bridgehead atoms. The molecule has 64 valence electrons. The van der Waals surface area contributed by atoms with Crippen LogP contribution in [-0.2, 0) is 0 Å². The zero-order valence-electron chi connectivity index (χ0n) is 7.29. The SMILES string of the molecule is CN1CCC1C(N)C1CCC1. The van der Waals surface area contributed by atoms with E-state index in [1.54, 1.807) is 0 Å². The molecule has 1 saturated heterocycles. The normalized spacial score (nSPS) is 36.0. The van der Waals surface area contributed by atoms with Crippen LogP contribution in [0.25, 0.3) is 0 Å². The van der Waals surface area contributed by atoms with Crippen LogP contribution < -0.4 is 5.73 Å². The predicted molar refractivity (Wildman–Crippen MR) is 46.4 cm³/mol. The van der Waals surface area contributed by atoms with E-state index in [-0.39, 0.29) is 0 Å². The summed E-state index contributed by atoms with van der Waals surface area (Å²) in [6, 6.07) is 1.18. The maximum Gasteiger partial charge on any atom is 0.0259 e. The molecule has 2 rings (SSSR count). The number of likely N-dealkylation sites (N-methyl/N-ethyl adjacent to an activating group) is 1. The molecule has 11 heavy (non-hydrogen) atoms. The number of hydrogen-bond donors (Lipinski definition) is 1. The van der Waals surface area contributed by atoms with E-state index < -0.39 is 0 Å². The number of nitrogens with zero attached hydrogens (tertiary/aromatic N) is 1. The summed E-state index contributed by atoms with van der Waals surface area (Å²) in [5.74, 6) is 0.850. The molecule has 0 aromatic rings. The predicted octanol–water partition coefficient (Wildman–Crippen LogP) is 0.818. The van der Waals surface area contributed by atoms with Crippen molar-refractivity contribution in [2.24, 2.45) is 11.7 Å². The van der Waals surface area contributed by atoms with Gasteiger partial charge in [0.25, 0.3) is 0 Å². The number of rotatable bonds is 2. The van der Waals surface area contributed by atoms with Gasteiger partial charge < -0.3 is 10.6 Å². The molecule has 2 nitrogen and oxygen atoms in total. The summed E-state index contributed by atoms with van der Waals surface area (Å²) >= 11 is 0. The van der Waals surface area contributed by atoms with Crippen molar-refractivity contribution in [3.8, 4) is 0 Å². The van der Waals surface area contributed by atoms with Crippen LogP contribution >= 0.6 is 0 Å². The van der Waals surface area contributed by atoms with Gasteiger partial charge in [-0.2, -0.15) is 0 Å². The fourth-order valence-corrected chi connectivity index (χ4v) is 2.16. The summed E-state index contributed by atoms with van der Waals surface area (Å²) in [4.78, 5) is 2.39. The highest BCUT2D eigenvalue weighted by molar-refractivity contribution is 4.94. The first-order valence-corrected chi connectivity index (χ1v) is 4.75. The van der Waals surface area contributed by atoms with Crippen molar-refractivity contribution in [1.82, 2.24) is 4.90 Å². The van der Waals surface area contributed by atoms with Gasteiger partial charge in [-0.25, -0.2) is 0 Å². The van der Waals surface area contributed by atoms with Gasteiger partial charge in [-0.15, -0.1) is 0 Å². The number of hydrogen-bond acceptors (Lipinski definition) is 2. The third-order valence-corrected chi connectivity index (χ3v) is 3.48. The molecule has 2 aliphatic rings. The lowest BCUT2D eigenvalue weighted by atomic mass is 9.75. The Kier molecular flexibility index (Phi) is 1.90. The highest BCUT2D eigenvalue weighted by atomic mass is 15.2. The monoisotopic (exact) mass is 154 g/mol. The average molecular weight is 154 g/mol. The summed E-state index contributed by atoms with van der Waals surface area (Å²) < 4.78 is 0. The molecule has 2 atom stereocenters. The lowest BCUT2D eigenvalue weighted by molar-refractivity contribution is 0.0630. The van der Waals surface area contributed by atoms with Crippen molar-refractivity contribution < 1.29 is 0 Å². The summed E-state index contributed by atoms with van der Waals surface area (Å²) in [6.45, 7) is 1.26. The van der Waals surface area contributed by atoms with Crippen molar-refractivity contribution >= 4 is 0 Å². The molecule has 0 spiro atoms. The summed E-state index contributed by atoms with van der Waals surface area (Å²) in [6.07, 6.45) is 5.50. The number of likely N-dealkylation sites (tertiary alicyclic amines) is 1. The van der Waals surface area contributed by atoms with Crippen molar-refractivity contribution in [2.45, 2.75) is 37.8 Å². The highest BCUT2D eigenvalue weighted by Crippen LogP contribution is 2.33. The van der Waals surface area contributed by atoms with E-state index in [9.17, 15) is 0 Å². The zero-order chi connectivity index (χ0) is 7.84. The maximum absolute atomic E-state index is 6.13. The van der Waals surface area contributed by atoms with Gasteiger partial charge in [0.05, 0.1) is 0 Å². The molecule has 2 fully saturated rings. The van der Waals surface area contributed by atoms with Gasteiger partial charge in [-0.3, -0.25) is 0 Å². The second kappa shape index (κ2) is 2.76. The molecule has 0 aromatic carbocycles. The third-order valence-electron chi connectivity index (χ3n) is 3.48. The minimum Gasteiger partial charge on any atom is -0.326 e. The molecule has 1 saturated carbocycles. The Morgan fingerprint density at radius 2 is 2.09 bits per heavy atom. The smallest absolute Gasteiger partial charge is 0.0259 e. The van der Waals surface area contributed by atoms with Crippen LogP contribution in [0.5, 0.6) is 0 Å². The maximum atomic E-state index is 6.13. The second-order valence-electron chi connectivity index (χ2n) is 4.10. The molecule has 1 aliphatic carbocycles. The molecule has 2 N–H and O–H groups in total. The van der Waals surface area contributed by atoms with E-state index in [1.165, 1.54) is 32.2 Å². The van der Waals surface area contributed by atoms with Gasteiger partial charge >= 0.3 is 0 Å². The van der Waals surface area contributed by atoms with Gasteiger partial charge in [0.15, 0.2) is 0 Å². The minimum atomic E-state index is 0.475. The van der Waals surface area contributed by atoms with Gasteiger partial charge in [-0.05, 0) is 38.8 Å². The summed E-state index contributed by atoms with van der Waals surface area (Å²) in [5.41, 5.74) is 6.13. The van der Waals surface area contributed by atoms with Crippen LogP contribution in [0.4, 0.5) is 0 Å². The van der Waals surface area contributed by atoms with Gasteiger partial charge in [0.1, 0.15) is 0 Å². The first kappa shape index (κ1) is 7.56. The first-order chi connectivity index (χ1) is 5.29. The fourth-order valence-electron chi connectivity index (χ4n) is 2.16. The minimum absolute atomic E-state index is 0.475. The fraction of sp³-hybridized carbons (Fsp3) is 1.00. The largest absolute Gasteiger partial charge is 0.326 e. The Hall–Kier alpha value is -0.0800. The second-order valence-corrected chi connectivity index (χ2v) is 4.10. The molecule has 0 aromatic heterocycles. The molecule has 1 aliphatic heterocycles. The van der Waals surface area contributed by atoms with E-state index in [0.29, 0.717) is 12.1 Å². The quantitative estimate of drug-likeness (QED) is 0.638. The van der Waals surface area contributed by atoms with Crippen LogP contribution in [0.15, 0.2) is 0 Å². The van der Waals surface area contributed by atoms with E-state index >= 15 is 0 Å². The zero-order valence-corrected chi connectivity index (χ0v) is 7.29. The Morgan fingerprint density at radius 3 is 2.36 bits per heavy atom. The molecule has 0 radical (unpaired) electrons. The number of nitrogens with two attached hydrogens (primary N) is 1. The summed E-state index contributed by atoms with van der Waals surface area (Å²) in [7, 11) is 2.19. The van der Waals surface area contributed by atoms with Crippen molar-refractivity contribution in [2.75, 3.05) is 13.6 Å². The lowest BCUT2D eigenvalue weighted by Gasteiger charge is -2.46. The standard InChI is InChI=1S/C9H18N2/c1-11-6-5-8(11)9(10)7-3-2-4-7/h7-9H,2-6,10H2,1H3. The lowest BCUT2D eigenvalue weighted by Crippen LogP contribution is -2.58. The van der Waals surface area contributed by atoms with Gasteiger partial charge in [0.2, 0.25) is 0 Å². The Labute approximate surface area is 68.7 Å². The molecular formula is C9H18N2. The Bertz CT molecular complexity index is 142. The average Bonchev–Trinajstić information content (AvgIpc) is 1.80. The molecule has 1 heterocycles. The highest BCUT2D eigenvalue weighted by Gasteiger charge is 2.36. The van der Waals surface area contributed by atoms with Crippen LogP contribution in [0.1, 0.15) is 25.7 Å². The summed E-state index contributed by atoms with van der Waals surface area (Å²) in [5, 5.41) is 0. The van der Waals surface area contributed by atoms with Gasteiger partial charge in [-0.1, -0.05) is 6.42 Å². The van der Waals surface area contributed by atoms with Crippen LogP contribution in [0, 0.1) is 5.92 Å². The third kappa shape index (κ3) is 1.18. The van der Waals surface area contributed by atoms with E-state index in [2.05, 4.69) is 11.9 Å². The molecule has 2 unspecified atom stereocenters.